The number of hydrogen-bond donors (Lipinski definition) is 6. The summed E-state index contributed by atoms with van der Waals surface area (Å²) in [6.07, 6.45) is -1.55. The van der Waals surface area contributed by atoms with Crippen LogP contribution in [0.15, 0.2) is 0 Å². The van der Waals surface area contributed by atoms with Crippen LogP contribution in [0.4, 0.5) is 0 Å². The number of carboxylic acids is 2. The molecule has 0 radical (unpaired) electrons. The summed E-state index contributed by atoms with van der Waals surface area (Å²) in [6.45, 7) is 4.81. The van der Waals surface area contributed by atoms with Gasteiger partial charge >= 0.3 is 11.9 Å². The fourth-order valence-electron chi connectivity index (χ4n) is 1.80. The first-order valence-corrected chi connectivity index (χ1v) is 7.50. The summed E-state index contributed by atoms with van der Waals surface area (Å²) in [6, 6.07) is -4.04. The molecule has 138 valence electrons. The van der Waals surface area contributed by atoms with Gasteiger partial charge in [-0.3, -0.25) is 14.4 Å². The lowest BCUT2D eigenvalue weighted by atomic mass is 9.98. The van der Waals surface area contributed by atoms with Gasteiger partial charge in [0, 0.05) is 0 Å². The zero-order valence-electron chi connectivity index (χ0n) is 13.9. The molecule has 0 aliphatic heterocycles. The van der Waals surface area contributed by atoms with E-state index in [0.717, 1.165) is 0 Å². The lowest BCUT2D eigenvalue weighted by Crippen LogP contribution is -2.59. The maximum Gasteiger partial charge on any atom is 0.326 e. The number of aliphatic hydroxyl groups excluding tert-OH is 1. The summed E-state index contributed by atoms with van der Waals surface area (Å²) in [7, 11) is 0. The lowest BCUT2D eigenvalue weighted by molar-refractivity contribution is -0.147. The average molecular weight is 347 g/mol. The van der Waals surface area contributed by atoms with Crippen LogP contribution >= 0.6 is 0 Å². The minimum atomic E-state index is -1.68. The van der Waals surface area contributed by atoms with Gasteiger partial charge in [0.05, 0.1) is 18.6 Å². The van der Waals surface area contributed by atoms with E-state index in [0.29, 0.717) is 6.42 Å². The van der Waals surface area contributed by atoms with Gasteiger partial charge in [-0.1, -0.05) is 20.3 Å². The summed E-state index contributed by atoms with van der Waals surface area (Å²) in [5.74, 6) is -4.81. The Kier molecular flexibility index (Phi) is 8.93. The summed E-state index contributed by atoms with van der Waals surface area (Å²) >= 11 is 0. The monoisotopic (exact) mass is 347 g/mol. The number of carboxylic acid groups (broad SMARTS) is 2. The summed E-state index contributed by atoms with van der Waals surface area (Å²) in [4.78, 5) is 45.7. The number of aliphatic carboxylic acids is 2. The third-order valence-corrected chi connectivity index (χ3v) is 3.62. The Hall–Kier alpha value is -2.20. The van der Waals surface area contributed by atoms with Crippen molar-refractivity contribution in [1.82, 2.24) is 10.6 Å². The van der Waals surface area contributed by atoms with E-state index < -0.39 is 54.4 Å². The lowest BCUT2D eigenvalue weighted by Gasteiger charge is -2.25. The van der Waals surface area contributed by atoms with E-state index in [1.54, 1.807) is 6.92 Å². The van der Waals surface area contributed by atoms with Crippen molar-refractivity contribution in [3.05, 3.63) is 0 Å². The number of carbonyl (C=O) groups excluding carboxylic acids is 2. The molecule has 0 aromatic carbocycles. The number of hydrogen-bond acceptors (Lipinski definition) is 6. The summed E-state index contributed by atoms with van der Waals surface area (Å²) in [5.41, 5.74) is 5.74. The predicted octanol–water partition coefficient (Wildman–Crippen LogP) is -1.73. The van der Waals surface area contributed by atoms with Crippen LogP contribution in [-0.4, -0.2) is 63.3 Å². The predicted molar refractivity (Wildman–Crippen MR) is 82.9 cm³/mol. The van der Waals surface area contributed by atoms with Crippen LogP contribution in [0.1, 0.15) is 33.6 Å². The molecule has 2 amide bonds. The molecular weight excluding hydrogens is 322 g/mol. The van der Waals surface area contributed by atoms with Gasteiger partial charge in [0.15, 0.2) is 0 Å². The molecule has 7 N–H and O–H groups in total. The van der Waals surface area contributed by atoms with Crippen LogP contribution in [-0.2, 0) is 19.2 Å². The van der Waals surface area contributed by atoms with Crippen molar-refractivity contribution in [2.75, 3.05) is 0 Å². The van der Waals surface area contributed by atoms with Crippen LogP contribution in [0.25, 0.3) is 0 Å². The van der Waals surface area contributed by atoms with E-state index in [4.69, 9.17) is 15.9 Å². The molecule has 0 bridgehead atoms. The summed E-state index contributed by atoms with van der Waals surface area (Å²) < 4.78 is 0. The van der Waals surface area contributed by atoms with E-state index in [9.17, 15) is 24.3 Å². The molecule has 10 heteroatoms. The van der Waals surface area contributed by atoms with Gasteiger partial charge in [-0.05, 0) is 12.8 Å². The fourth-order valence-corrected chi connectivity index (χ4v) is 1.80. The molecular formula is C14H25N3O7. The molecule has 0 aliphatic rings. The fraction of sp³-hybridized carbons (Fsp3) is 0.714. The second-order valence-electron chi connectivity index (χ2n) is 5.64. The molecule has 0 aliphatic carbocycles. The van der Waals surface area contributed by atoms with Crippen LogP contribution < -0.4 is 16.4 Å². The minimum Gasteiger partial charge on any atom is -0.481 e. The second-order valence-corrected chi connectivity index (χ2v) is 5.64. The zero-order chi connectivity index (χ0) is 19.0. The number of aliphatic hydroxyl groups is 1. The Morgan fingerprint density at radius 1 is 1.04 bits per heavy atom. The molecule has 0 saturated heterocycles. The molecule has 5 atom stereocenters. The van der Waals surface area contributed by atoms with Crippen LogP contribution in [0.3, 0.4) is 0 Å². The molecule has 0 heterocycles. The average Bonchev–Trinajstić information content (AvgIpc) is 2.48. The molecule has 0 saturated carbocycles. The van der Waals surface area contributed by atoms with Crippen LogP contribution in [0, 0.1) is 5.92 Å². The van der Waals surface area contributed by atoms with Crippen LogP contribution in [0.2, 0.25) is 0 Å². The van der Waals surface area contributed by atoms with Crippen molar-refractivity contribution < 1.29 is 34.5 Å². The Bertz CT molecular complexity index is 481. The maximum atomic E-state index is 12.1. The topological polar surface area (TPSA) is 179 Å². The van der Waals surface area contributed by atoms with Gasteiger partial charge in [0.25, 0.3) is 0 Å². The molecule has 0 aromatic heterocycles. The van der Waals surface area contributed by atoms with Gasteiger partial charge in [-0.15, -0.1) is 0 Å². The molecule has 24 heavy (non-hydrogen) atoms. The van der Waals surface area contributed by atoms with E-state index in [1.165, 1.54) is 6.92 Å². The highest BCUT2D eigenvalue weighted by Gasteiger charge is 2.32. The SMILES string of the molecule is CCC(C)C(N)C(=O)NC(C(=O)NC(CC(=O)O)C(=O)O)C(C)O. The first-order chi connectivity index (χ1) is 11.0. The van der Waals surface area contributed by atoms with E-state index in [-0.39, 0.29) is 5.92 Å². The molecule has 5 unspecified atom stereocenters. The first-order valence-electron chi connectivity index (χ1n) is 7.50. The van der Waals surface area contributed by atoms with Gasteiger partial charge in [0.2, 0.25) is 11.8 Å². The highest BCUT2D eigenvalue weighted by atomic mass is 16.4. The number of amides is 2. The van der Waals surface area contributed by atoms with Crippen molar-refractivity contribution in [2.24, 2.45) is 11.7 Å². The van der Waals surface area contributed by atoms with Crippen molar-refractivity contribution in [2.45, 2.75) is 57.8 Å². The Morgan fingerprint density at radius 2 is 1.58 bits per heavy atom. The standard InChI is InChI=1S/C14H25N3O7/c1-4-6(2)10(15)12(21)17-11(7(3)18)13(22)16-8(14(23)24)5-9(19)20/h6-8,10-11,18H,4-5,15H2,1-3H3,(H,16,22)(H,17,21)(H,19,20)(H,23,24). The molecule has 10 nitrogen and oxygen atoms in total. The van der Waals surface area contributed by atoms with Crippen molar-refractivity contribution in [3.63, 3.8) is 0 Å². The van der Waals surface area contributed by atoms with Crippen molar-refractivity contribution >= 4 is 23.8 Å². The maximum absolute atomic E-state index is 12.1. The molecule has 0 fully saturated rings. The summed E-state index contributed by atoms with van der Waals surface area (Å²) in [5, 5.41) is 31.5. The van der Waals surface area contributed by atoms with Gasteiger partial charge in [-0.25, -0.2) is 4.79 Å². The number of rotatable bonds is 10. The van der Waals surface area contributed by atoms with Crippen molar-refractivity contribution in [1.29, 1.82) is 0 Å². The third-order valence-electron chi connectivity index (χ3n) is 3.62. The smallest absolute Gasteiger partial charge is 0.326 e. The van der Waals surface area contributed by atoms with Crippen molar-refractivity contribution in [3.8, 4) is 0 Å². The Balaban J connectivity index is 5.04. The third kappa shape index (κ3) is 6.92. The largest absolute Gasteiger partial charge is 0.481 e. The van der Waals surface area contributed by atoms with E-state index in [2.05, 4.69) is 5.32 Å². The molecule has 0 spiro atoms. The normalized spacial score (nSPS) is 17.0. The van der Waals surface area contributed by atoms with Crippen LogP contribution in [0.5, 0.6) is 0 Å². The quantitative estimate of drug-likeness (QED) is 0.270. The van der Waals surface area contributed by atoms with E-state index >= 15 is 0 Å². The molecule has 0 aromatic rings. The van der Waals surface area contributed by atoms with E-state index in [1.807, 2.05) is 12.2 Å². The zero-order valence-corrected chi connectivity index (χ0v) is 13.9. The van der Waals surface area contributed by atoms with Gasteiger partial charge in [-0.2, -0.15) is 0 Å². The van der Waals surface area contributed by atoms with Gasteiger partial charge < -0.3 is 31.7 Å². The number of carbonyl (C=O) groups is 4. The first kappa shape index (κ1) is 21.8. The Labute approximate surface area is 139 Å². The second kappa shape index (κ2) is 9.83. The van der Waals surface area contributed by atoms with Gasteiger partial charge in [0.1, 0.15) is 12.1 Å². The Morgan fingerprint density at radius 3 is 1.96 bits per heavy atom. The molecule has 0 rings (SSSR count). The highest BCUT2D eigenvalue weighted by molar-refractivity contribution is 5.93. The number of nitrogens with two attached hydrogens (primary N) is 1. The minimum absolute atomic E-state index is 0.165. The number of nitrogens with one attached hydrogen (secondary N) is 2. The highest BCUT2D eigenvalue weighted by Crippen LogP contribution is 2.06.